The summed E-state index contributed by atoms with van der Waals surface area (Å²) in [4.78, 5) is 0. The zero-order chi connectivity index (χ0) is 17.9. The first-order chi connectivity index (χ1) is 12.1. The van der Waals surface area contributed by atoms with Gasteiger partial charge in [-0.05, 0) is 6.07 Å². The van der Waals surface area contributed by atoms with Crippen LogP contribution in [0.3, 0.4) is 0 Å². The van der Waals surface area contributed by atoms with Crippen molar-refractivity contribution in [2.75, 3.05) is 40.5 Å². The Bertz CT molecular complexity index is 792. The minimum absolute atomic E-state index is 0.0650. The minimum atomic E-state index is -3.39. The molecule has 1 fully saturated rings. The van der Waals surface area contributed by atoms with Gasteiger partial charge < -0.3 is 18.7 Å². The number of nitrogens with zero attached hydrogens (tertiary/aromatic N) is 1. The van der Waals surface area contributed by atoms with Crippen molar-refractivity contribution in [3.8, 4) is 11.5 Å². The van der Waals surface area contributed by atoms with Crippen LogP contribution in [-0.4, -0.2) is 45.2 Å². The average Bonchev–Trinajstić information content (AvgIpc) is 2.66. The third kappa shape index (κ3) is 3.81. The van der Waals surface area contributed by atoms with Crippen LogP contribution in [0.1, 0.15) is 5.56 Å². The molecule has 0 aromatic heterocycles. The Labute approximate surface area is 147 Å². The van der Waals surface area contributed by atoms with Crippen molar-refractivity contribution in [2.45, 2.75) is 6.61 Å². The molecular formula is C17H23N2O5P. The van der Waals surface area contributed by atoms with Gasteiger partial charge in [-0.15, -0.1) is 0 Å². The van der Waals surface area contributed by atoms with Gasteiger partial charge in [0, 0.05) is 29.4 Å². The maximum Gasteiger partial charge on any atom is 0.341 e. The second kappa shape index (κ2) is 7.72. The Kier molecular flexibility index (Phi) is 5.61. The Morgan fingerprint density at radius 1 is 1.16 bits per heavy atom. The van der Waals surface area contributed by atoms with E-state index in [1.54, 1.807) is 18.9 Å². The summed E-state index contributed by atoms with van der Waals surface area (Å²) in [6.45, 7) is 2.04. The topological polar surface area (TPSA) is 83.3 Å². The van der Waals surface area contributed by atoms with Crippen molar-refractivity contribution >= 4 is 18.4 Å². The van der Waals surface area contributed by atoms with E-state index in [-0.39, 0.29) is 6.61 Å². The van der Waals surface area contributed by atoms with Crippen LogP contribution in [0.2, 0.25) is 0 Å². The Hall–Kier alpha value is -1.63. The summed E-state index contributed by atoms with van der Waals surface area (Å²) in [5.74, 6) is 1.37. The molecule has 1 atom stereocenters. The van der Waals surface area contributed by atoms with Gasteiger partial charge in [-0.3, -0.25) is 4.57 Å². The first-order valence-electron chi connectivity index (χ1n) is 8.05. The molecule has 3 rings (SSSR count). The highest BCUT2D eigenvalue weighted by atomic mass is 31.2. The average molecular weight is 366 g/mol. The van der Waals surface area contributed by atoms with Gasteiger partial charge >= 0.3 is 7.67 Å². The SMILES string of the molecule is COc1cc(COP(N)(=O)N2CCOCC2)c(OC)c2ccccc12. The van der Waals surface area contributed by atoms with Crippen LogP contribution >= 0.6 is 7.67 Å². The van der Waals surface area contributed by atoms with Gasteiger partial charge in [0.25, 0.3) is 0 Å². The van der Waals surface area contributed by atoms with Gasteiger partial charge in [0.1, 0.15) is 11.5 Å². The zero-order valence-corrected chi connectivity index (χ0v) is 15.3. The van der Waals surface area contributed by atoms with E-state index in [2.05, 4.69) is 0 Å². The monoisotopic (exact) mass is 366 g/mol. The van der Waals surface area contributed by atoms with E-state index in [0.717, 1.165) is 16.3 Å². The van der Waals surface area contributed by atoms with Crippen molar-refractivity contribution in [1.82, 2.24) is 4.67 Å². The molecular weight excluding hydrogens is 343 g/mol. The van der Waals surface area contributed by atoms with Crippen LogP contribution in [0.4, 0.5) is 0 Å². The molecule has 0 amide bonds. The van der Waals surface area contributed by atoms with Crippen LogP contribution in [0.25, 0.3) is 10.8 Å². The van der Waals surface area contributed by atoms with Crippen LogP contribution in [0, 0.1) is 0 Å². The lowest BCUT2D eigenvalue weighted by Gasteiger charge is -2.30. The van der Waals surface area contributed by atoms with E-state index in [1.165, 1.54) is 0 Å². The maximum absolute atomic E-state index is 12.7. The fraction of sp³-hybridized carbons (Fsp3) is 0.412. The maximum atomic E-state index is 12.7. The van der Waals surface area contributed by atoms with Gasteiger partial charge in [-0.1, -0.05) is 24.3 Å². The Morgan fingerprint density at radius 3 is 2.48 bits per heavy atom. The molecule has 1 aliphatic rings. The van der Waals surface area contributed by atoms with Crippen molar-refractivity contribution in [2.24, 2.45) is 5.50 Å². The van der Waals surface area contributed by atoms with Crippen LogP contribution in [0.15, 0.2) is 30.3 Å². The van der Waals surface area contributed by atoms with Crippen molar-refractivity contribution in [3.63, 3.8) is 0 Å². The number of nitrogens with two attached hydrogens (primary N) is 1. The van der Waals surface area contributed by atoms with Gasteiger partial charge in [0.05, 0.1) is 34.0 Å². The highest BCUT2D eigenvalue weighted by Crippen LogP contribution is 2.45. The lowest BCUT2D eigenvalue weighted by molar-refractivity contribution is 0.0639. The van der Waals surface area contributed by atoms with Crippen LogP contribution in [-0.2, 0) is 20.4 Å². The molecule has 1 unspecified atom stereocenters. The number of hydrogen-bond acceptors (Lipinski definition) is 5. The Balaban J connectivity index is 1.89. The van der Waals surface area contributed by atoms with E-state index in [4.69, 9.17) is 24.2 Å². The fourth-order valence-corrected chi connectivity index (χ4v) is 4.17. The smallest absolute Gasteiger partial charge is 0.341 e. The number of rotatable bonds is 6. The molecule has 2 aromatic carbocycles. The Morgan fingerprint density at radius 2 is 1.84 bits per heavy atom. The molecule has 0 radical (unpaired) electrons. The molecule has 1 heterocycles. The van der Waals surface area contributed by atoms with E-state index in [1.807, 2.05) is 30.3 Å². The van der Waals surface area contributed by atoms with E-state index < -0.39 is 7.67 Å². The van der Waals surface area contributed by atoms with E-state index in [9.17, 15) is 4.57 Å². The van der Waals surface area contributed by atoms with Crippen molar-refractivity contribution in [1.29, 1.82) is 0 Å². The molecule has 25 heavy (non-hydrogen) atoms. The standard InChI is InChI=1S/C17H23N2O5P/c1-21-16-11-13(17(22-2)15-6-4-3-5-14(15)16)12-24-25(18,20)19-7-9-23-10-8-19/h3-6,11H,7-10,12H2,1-2H3,(H2,18,20). The van der Waals surface area contributed by atoms with Gasteiger partial charge in [0.15, 0.2) is 0 Å². The first-order valence-corrected chi connectivity index (χ1v) is 9.70. The number of hydrogen-bond donors (Lipinski definition) is 1. The summed E-state index contributed by atoms with van der Waals surface area (Å²) in [5, 5.41) is 1.84. The second-order valence-electron chi connectivity index (χ2n) is 5.72. The first kappa shape index (κ1) is 18.2. The zero-order valence-electron chi connectivity index (χ0n) is 14.4. The molecule has 0 aliphatic carbocycles. The number of benzene rings is 2. The van der Waals surface area contributed by atoms with E-state index in [0.29, 0.717) is 37.8 Å². The van der Waals surface area contributed by atoms with Crippen molar-refractivity contribution in [3.05, 3.63) is 35.9 Å². The lowest BCUT2D eigenvalue weighted by atomic mass is 10.0. The highest BCUT2D eigenvalue weighted by Gasteiger charge is 2.29. The molecule has 0 saturated carbocycles. The van der Waals surface area contributed by atoms with Gasteiger partial charge in [-0.25, -0.2) is 10.2 Å². The molecule has 0 bridgehead atoms. The summed E-state index contributed by atoms with van der Waals surface area (Å²) in [6.07, 6.45) is 0. The fourth-order valence-electron chi connectivity index (χ4n) is 2.96. The molecule has 1 aliphatic heterocycles. The predicted octanol–water partition coefficient (Wildman–Crippen LogP) is 2.77. The summed E-state index contributed by atoms with van der Waals surface area (Å²) < 4.78 is 36.3. The second-order valence-corrected chi connectivity index (χ2v) is 7.67. The number of fused-ring (bicyclic) bond motifs is 1. The number of morpholine rings is 1. The van der Waals surface area contributed by atoms with E-state index >= 15 is 0 Å². The normalized spacial score (nSPS) is 18.0. The highest BCUT2D eigenvalue weighted by molar-refractivity contribution is 7.53. The molecule has 7 nitrogen and oxygen atoms in total. The summed E-state index contributed by atoms with van der Waals surface area (Å²) in [5.41, 5.74) is 6.68. The van der Waals surface area contributed by atoms with Crippen molar-refractivity contribution < 1.29 is 23.3 Å². The lowest BCUT2D eigenvalue weighted by Crippen LogP contribution is -2.36. The molecule has 2 aromatic rings. The predicted molar refractivity (Wildman–Crippen MR) is 96.0 cm³/mol. The summed E-state index contributed by atoms with van der Waals surface area (Å²) in [7, 11) is -0.180. The van der Waals surface area contributed by atoms with Gasteiger partial charge in [0.2, 0.25) is 0 Å². The summed E-state index contributed by atoms with van der Waals surface area (Å²) in [6, 6.07) is 9.61. The molecule has 136 valence electrons. The molecule has 0 spiro atoms. The third-order valence-corrected chi connectivity index (χ3v) is 5.93. The summed E-state index contributed by atoms with van der Waals surface area (Å²) >= 11 is 0. The molecule has 2 N–H and O–H groups in total. The van der Waals surface area contributed by atoms with Gasteiger partial charge in [-0.2, -0.15) is 0 Å². The minimum Gasteiger partial charge on any atom is -0.496 e. The number of methoxy groups -OCH3 is 2. The van der Waals surface area contributed by atoms with Crippen LogP contribution in [0.5, 0.6) is 11.5 Å². The molecule has 8 heteroatoms. The largest absolute Gasteiger partial charge is 0.496 e. The quantitative estimate of drug-likeness (QED) is 0.787. The molecule has 1 saturated heterocycles. The number of ether oxygens (including phenoxy) is 3. The third-order valence-electron chi connectivity index (χ3n) is 4.24. The van der Waals surface area contributed by atoms with Crippen LogP contribution < -0.4 is 15.0 Å².